The molecule has 1 radical (unpaired) electrons. The number of nitrogens with zero attached hydrogens (tertiary/aromatic N) is 5. The quantitative estimate of drug-likeness (QED) is 0.167. The van der Waals surface area contributed by atoms with E-state index >= 15 is 0 Å². The van der Waals surface area contributed by atoms with Gasteiger partial charge in [0.1, 0.15) is 11.5 Å². The number of hydrogen-bond acceptors (Lipinski definition) is 4. The molecule has 2 aliphatic heterocycles. The zero-order chi connectivity index (χ0) is 32.1. The van der Waals surface area contributed by atoms with E-state index in [0.29, 0.717) is 0 Å². The molecule has 0 N–H and O–H groups in total. The van der Waals surface area contributed by atoms with Gasteiger partial charge in [0.25, 0.3) is 0 Å². The molecule has 2 aromatic heterocycles. The molecule has 0 spiro atoms. The fourth-order valence-corrected chi connectivity index (χ4v) is 7.05. The Balaban J connectivity index is 0.000000161. The van der Waals surface area contributed by atoms with Gasteiger partial charge in [0.05, 0.1) is 11.9 Å². The van der Waals surface area contributed by atoms with Gasteiger partial charge in [-0.1, -0.05) is 82.3 Å². The van der Waals surface area contributed by atoms with Crippen LogP contribution in [0.2, 0.25) is 0 Å². The van der Waals surface area contributed by atoms with Crippen LogP contribution in [-0.2, 0) is 30.9 Å². The van der Waals surface area contributed by atoms with Crippen LogP contribution in [0.3, 0.4) is 0 Å². The minimum atomic E-state index is -0.282. The number of anilines is 4. The Morgan fingerprint density at radius 1 is 0.617 bits per heavy atom. The smallest absolute Gasteiger partial charge is 0.133 e. The molecule has 6 aromatic rings. The first-order chi connectivity index (χ1) is 22.1. The minimum Gasteiger partial charge on any atom is -0.371 e. The molecule has 0 bridgehead atoms. The summed E-state index contributed by atoms with van der Waals surface area (Å²) in [6.45, 7) is 13.7. The third kappa shape index (κ3) is 5.21. The van der Waals surface area contributed by atoms with Crippen molar-refractivity contribution < 1.29 is 20.1 Å². The standard InChI is InChI=1S/C21H21N2.C20H18N3.Ir/c1-20(2)17-12-8-9-13-18(17)23-19(21(20,3)4)16(14-22-23)15-10-6-5-7-11-15;1-20(2)22(16-10-4-3-5-11-16)17-12-6-7-13-18(17)23(20)19-14-8-9-15-21-19;/h5-12,14H,1-4H3;3-12,14-15H,1-2H3;/q2*-1;. The van der Waals surface area contributed by atoms with Crippen molar-refractivity contribution in [3.8, 4) is 16.8 Å². The van der Waals surface area contributed by atoms with Gasteiger partial charge in [-0.25, -0.2) is 4.98 Å². The molecule has 0 saturated heterocycles. The number of pyridine rings is 1. The van der Waals surface area contributed by atoms with Crippen LogP contribution in [0.25, 0.3) is 16.8 Å². The summed E-state index contributed by atoms with van der Waals surface area (Å²) in [5, 5.41) is 4.72. The molecule has 0 atom stereocenters. The average Bonchev–Trinajstić information content (AvgIpc) is 3.63. The van der Waals surface area contributed by atoms with Crippen LogP contribution in [0, 0.1) is 12.1 Å². The molecule has 4 heterocycles. The average molecular weight is 794 g/mol. The van der Waals surface area contributed by atoms with E-state index in [1.54, 1.807) is 0 Å². The Morgan fingerprint density at radius 3 is 1.94 bits per heavy atom. The zero-order valence-corrected chi connectivity index (χ0v) is 30.1. The van der Waals surface area contributed by atoms with E-state index in [2.05, 4.69) is 146 Å². The third-order valence-electron chi connectivity index (χ3n) is 9.99. The van der Waals surface area contributed by atoms with E-state index in [4.69, 9.17) is 5.10 Å². The first kappa shape index (κ1) is 32.4. The molecular formula is C41H39IrN5-2. The fourth-order valence-electron chi connectivity index (χ4n) is 7.05. The first-order valence-corrected chi connectivity index (χ1v) is 15.9. The van der Waals surface area contributed by atoms with Gasteiger partial charge in [0.15, 0.2) is 0 Å². The Morgan fingerprint density at radius 2 is 1.26 bits per heavy atom. The van der Waals surface area contributed by atoms with Crippen molar-refractivity contribution in [3.05, 3.63) is 151 Å². The van der Waals surface area contributed by atoms with Crippen LogP contribution < -0.4 is 9.80 Å². The summed E-state index contributed by atoms with van der Waals surface area (Å²) < 4.78 is 2.09. The molecule has 2 aliphatic rings. The second-order valence-corrected chi connectivity index (χ2v) is 13.5. The number of para-hydroxylation sites is 3. The molecule has 0 fully saturated rings. The Labute approximate surface area is 292 Å². The summed E-state index contributed by atoms with van der Waals surface area (Å²) in [7, 11) is 0. The molecule has 5 nitrogen and oxygen atoms in total. The van der Waals surface area contributed by atoms with Crippen molar-refractivity contribution >= 4 is 22.9 Å². The van der Waals surface area contributed by atoms with Crippen LogP contribution in [0.15, 0.2) is 128 Å². The summed E-state index contributed by atoms with van der Waals surface area (Å²) in [6.07, 6.45) is 3.83. The van der Waals surface area contributed by atoms with Crippen LogP contribution in [-0.4, -0.2) is 20.4 Å². The van der Waals surface area contributed by atoms with Crippen LogP contribution in [0.1, 0.15) is 52.8 Å². The molecule has 8 rings (SSSR count). The van der Waals surface area contributed by atoms with E-state index in [9.17, 15) is 0 Å². The van der Waals surface area contributed by atoms with Crippen LogP contribution in [0.4, 0.5) is 22.9 Å². The predicted octanol–water partition coefficient (Wildman–Crippen LogP) is 9.81. The van der Waals surface area contributed by atoms with Gasteiger partial charge >= 0.3 is 0 Å². The van der Waals surface area contributed by atoms with Gasteiger partial charge in [-0.2, -0.15) is 47.6 Å². The SMILES string of the molecule is CC1(C)N(c2ccccn2)c2[c-]cccc2N1c1ccccc1.CC1(C)c2ccc[c-]c2-n2ncc(-c3ccccc3)c2C1(C)C.[Ir]. The van der Waals surface area contributed by atoms with Crippen LogP contribution >= 0.6 is 0 Å². The summed E-state index contributed by atoms with van der Waals surface area (Å²) in [5.41, 5.74) is 9.12. The summed E-state index contributed by atoms with van der Waals surface area (Å²) in [4.78, 5) is 9.15. The van der Waals surface area contributed by atoms with Gasteiger partial charge in [-0.15, -0.1) is 11.6 Å². The van der Waals surface area contributed by atoms with E-state index in [-0.39, 0.29) is 36.6 Å². The van der Waals surface area contributed by atoms with E-state index in [1.807, 2.05) is 54.9 Å². The molecule has 239 valence electrons. The van der Waals surface area contributed by atoms with Gasteiger partial charge in [0, 0.05) is 43.0 Å². The summed E-state index contributed by atoms with van der Waals surface area (Å²) in [5.74, 6) is 0.930. The monoisotopic (exact) mass is 794 g/mol. The second kappa shape index (κ2) is 12.3. The molecular weight excluding hydrogens is 755 g/mol. The van der Waals surface area contributed by atoms with Crippen molar-refractivity contribution in [2.75, 3.05) is 9.80 Å². The van der Waals surface area contributed by atoms with Crippen LogP contribution in [0.5, 0.6) is 0 Å². The molecule has 0 saturated carbocycles. The van der Waals surface area contributed by atoms with Gasteiger partial charge in [-0.3, -0.25) is 4.68 Å². The number of benzene rings is 4. The minimum absolute atomic E-state index is 0. The number of aromatic nitrogens is 3. The largest absolute Gasteiger partial charge is 0.371 e. The molecule has 0 unspecified atom stereocenters. The summed E-state index contributed by atoms with van der Waals surface area (Å²) >= 11 is 0. The van der Waals surface area contributed by atoms with Crippen molar-refractivity contribution in [2.45, 2.75) is 58.0 Å². The molecule has 4 aromatic carbocycles. The van der Waals surface area contributed by atoms with Gasteiger partial charge in [0.2, 0.25) is 0 Å². The number of rotatable bonds is 3. The fraction of sp³-hybridized carbons (Fsp3) is 0.220. The van der Waals surface area contributed by atoms with Gasteiger partial charge < -0.3 is 9.80 Å². The third-order valence-corrected chi connectivity index (χ3v) is 9.99. The Bertz CT molecular complexity index is 1900. The summed E-state index contributed by atoms with van der Waals surface area (Å²) in [6, 6.07) is 46.2. The molecule has 47 heavy (non-hydrogen) atoms. The first-order valence-electron chi connectivity index (χ1n) is 15.9. The van der Waals surface area contributed by atoms with Crippen molar-refractivity contribution in [1.29, 1.82) is 0 Å². The number of hydrogen-bond donors (Lipinski definition) is 0. The van der Waals surface area contributed by atoms with Crippen molar-refractivity contribution in [3.63, 3.8) is 0 Å². The second-order valence-electron chi connectivity index (χ2n) is 13.5. The predicted molar refractivity (Wildman–Crippen MR) is 188 cm³/mol. The topological polar surface area (TPSA) is 37.2 Å². The maximum absolute atomic E-state index is 4.72. The van der Waals surface area contributed by atoms with E-state index in [1.165, 1.54) is 22.4 Å². The maximum Gasteiger partial charge on any atom is 0.133 e. The maximum atomic E-state index is 4.72. The normalized spacial score (nSPS) is 16.1. The molecule has 0 aliphatic carbocycles. The number of fused-ring (bicyclic) bond motifs is 4. The zero-order valence-electron chi connectivity index (χ0n) is 27.7. The van der Waals surface area contributed by atoms with Gasteiger partial charge in [-0.05, 0) is 66.2 Å². The van der Waals surface area contributed by atoms with E-state index in [0.717, 1.165) is 28.6 Å². The van der Waals surface area contributed by atoms with E-state index < -0.39 is 0 Å². The molecule has 6 heteroatoms. The Kier molecular flexibility index (Phi) is 8.46. The molecule has 0 amide bonds. The van der Waals surface area contributed by atoms with Crippen molar-refractivity contribution in [1.82, 2.24) is 14.8 Å². The van der Waals surface area contributed by atoms with Crippen molar-refractivity contribution in [2.24, 2.45) is 0 Å². The Hall–Kier alpha value is -4.51.